The lowest BCUT2D eigenvalue weighted by molar-refractivity contribution is 1.46. The summed E-state index contributed by atoms with van der Waals surface area (Å²) in [4.78, 5) is 0. The molecule has 0 aliphatic rings. The fraction of sp³-hybridized carbons (Fsp3) is 0.0769. The number of anilines is 1. The molecular weight excluding hydrogens is 326 g/mol. The Morgan fingerprint density at radius 1 is 0.481 bits per heavy atom. The van der Waals surface area contributed by atoms with Gasteiger partial charge >= 0.3 is 0 Å². The van der Waals surface area contributed by atoms with Crippen LogP contribution < -0.4 is 5.73 Å². The van der Waals surface area contributed by atoms with Crippen LogP contribution in [0.25, 0.3) is 33.4 Å². The van der Waals surface area contributed by atoms with Gasteiger partial charge in [0.25, 0.3) is 0 Å². The van der Waals surface area contributed by atoms with E-state index >= 15 is 0 Å². The van der Waals surface area contributed by atoms with Gasteiger partial charge < -0.3 is 5.73 Å². The molecule has 4 aromatic rings. The van der Waals surface area contributed by atoms with Crippen molar-refractivity contribution in [3.63, 3.8) is 0 Å². The molecule has 2 N–H and O–H groups in total. The summed E-state index contributed by atoms with van der Waals surface area (Å²) in [6.45, 7) is 4.20. The summed E-state index contributed by atoms with van der Waals surface area (Å²) in [5.41, 5.74) is 16.8. The molecule has 1 nitrogen and oxygen atoms in total. The largest absolute Gasteiger partial charge is 0.398 e. The highest BCUT2D eigenvalue weighted by atomic mass is 14.6. The molecule has 0 radical (unpaired) electrons. The molecular formula is C26H23N. The third-order valence-electron chi connectivity index (χ3n) is 5.01. The molecule has 0 aromatic heterocycles. The Kier molecular flexibility index (Phi) is 4.52. The second kappa shape index (κ2) is 7.13. The highest BCUT2D eigenvalue weighted by Crippen LogP contribution is 2.39. The lowest BCUT2D eigenvalue weighted by Gasteiger charge is -2.16. The van der Waals surface area contributed by atoms with Crippen molar-refractivity contribution < 1.29 is 0 Å². The highest BCUT2D eigenvalue weighted by molar-refractivity contribution is 5.93. The molecule has 0 bridgehead atoms. The van der Waals surface area contributed by atoms with Gasteiger partial charge in [0.15, 0.2) is 0 Å². The van der Waals surface area contributed by atoms with Crippen LogP contribution in [0.15, 0.2) is 91.0 Å². The normalized spacial score (nSPS) is 10.7. The summed E-state index contributed by atoms with van der Waals surface area (Å²) < 4.78 is 0. The molecule has 0 heterocycles. The first-order valence-corrected chi connectivity index (χ1v) is 9.25. The van der Waals surface area contributed by atoms with Crippen LogP contribution in [0.2, 0.25) is 0 Å². The molecule has 0 fully saturated rings. The highest BCUT2D eigenvalue weighted by Gasteiger charge is 2.13. The van der Waals surface area contributed by atoms with Gasteiger partial charge in [-0.2, -0.15) is 0 Å². The number of nitrogens with two attached hydrogens (primary N) is 1. The Bertz CT molecular complexity index is 993. The fourth-order valence-corrected chi connectivity index (χ4v) is 3.39. The van der Waals surface area contributed by atoms with Crippen LogP contribution in [0, 0.1) is 13.8 Å². The van der Waals surface area contributed by atoms with E-state index in [1.54, 1.807) is 0 Å². The molecule has 0 unspecified atom stereocenters. The molecule has 0 saturated carbocycles. The maximum Gasteiger partial charge on any atom is 0.0473 e. The van der Waals surface area contributed by atoms with E-state index < -0.39 is 0 Å². The molecule has 4 aromatic carbocycles. The minimum absolute atomic E-state index is 0.822. The number of hydrogen-bond donors (Lipinski definition) is 1. The average molecular weight is 349 g/mol. The smallest absolute Gasteiger partial charge is 0.0473 e. The summed E-state index contributed by atoms with van der Waals surface area (Å²) in [6.07, 6.45) is 0. The minimum Gasteiger partial charge on any atom is -0.398 e. The van der Waals surface area contributed by atoms with Crippen molar-refractivity contribution in [2.45, 2.75) is 13.8 Å². The van der Waals surface area contributed by atoms with Gasteiger partial charge in [-0.25, -0.2) is 0 Å². The van der Waals surface area contributed by atoms with Crippen molar-refractivity contribution in [3.8, 4) is 33.4 Å². The zero-order chi connectivity index (χ0) is 18.8. The first kappa shape index (κ1) is 17.1. The van der Waals surface area contributed by atoms with Crippen LogP contribution in [0.4, 0.5) is 5.69 Å². The maximum absolute atomic E-state index is 6.67. The number of rotatable bonds is 3. The van der Waals surface area contributed by atoms with Gasteiger partial charge in [-0.1, -0.05) is 90.0 Å². The standard InChI is InChI=1S/C26H23N/c1-18-8-12-21(13-9-18)24-16-23(20-6-4-3-5-7-20)17-25(26(24)27)22-14-10-19(2)11-15-22/h3-17H,27H2,1-2H3. The Hall–Kier alpha value is -3.32. The zero-order valence-corrected chi connectivity index (χ0v) is 15.7. The lowest BCUT2D eigenvalue weighted by Crippen LogP contribution is -1.96. The van der Waals surface area contributed by atoms with E-state index in [1.165, 1.54) is 22.3 Å². The third-order valence-corrected chi connectivity index (χ3v) is 5.01. The number of nitrogen functional groups attached to an aromatic ring is 1. The number of hydrogen-bond acceptors (Lipinski definition) is 1. The zero-order valence-electron chi connectivity index (χ0n) is 15.7. The fourth-order valence-electron chi connectivity index (χ4n) is 3.39. The second-order valence-corrected chi connectivity index (χ2v) is 7.08. The molecule has 27 heavy (non-hydrogen) atoms. The Labute approximate surface area is 161 Å². The van der Waals surface area contributed by atoms with Gasteiger partial charge in [0, 0.05) is 16.8 Å². The minimum atomic E-state index is 0.822. The van der Waals surface area contributed by atoms with E-state index in [1.807, 2.05) is 6.07 Å². The molecule has 1 heteroatoms. The van der Waals surface area contributed by atoms with Gasteiger partial charge in [-0.05, 0) is 48.2 Å². The molecule has 132 valence electrons. The van der Waals surface area contributed by atoms with Gasteiger partial charge in [0.1, 0.15) is 0 Å². The van der Waals surface area contributed by atoms with Gasteiger partial charge in [0.05, 0.1) is 0 Å². The number of benzene rings is 4. The molecule has 0 atom stereocenters. The predicted molar refractivity (Wildman–Crippen MR) is 117 cm³/mol. The van der Waals surface area contributed by atoms with E-state index in [9.17, 15) is 0 Å². The summed E-state index contributed by atoms with van der Waals surface area (Å²) >= 11 is 0. The summed E-state index contributed by atoms with van der Waals surface area (Å²) in [7, 11) is 0. The van der Waals surface area contributed by atoms with Gasteiger partial charge in [-0.3, -0.25) is 0 Å². The Morgan fingerprint density at radius 3 is 1.37 bits per heavy atom. The SMILES string of the molecule is Cc1ccc(-c2cc(-c3ccccc3)cc(-c3ccc(C)cc3)c2N)cc1. The number of aryl methyl sites for hydroxylation is 2. The van der Waals surface area contributed by atoms with Gasteiger partial charge in [0.2, 0.25) is 0 Å². The van der Waals surface area contributed by atoms with Crippen molar-refractivity contribution in [1.29, 1.82) is 0 Å². The quantitative estimate of drug-likeness (QED) is 0.401. The van der Waals surface area contributed by atoms with Crippen molar-refractivity contribution in [2.75, 3.05) is 5.73 Å². The molecule has 0 amide bonds. The maximum atomic E-state index is 6.67. The third kappa shape index (κ3) is 3.50. The van der Waals surface area contributed by atoms with Crippen LogP contribution in [0.3, 0.4) is 0 Å². The molecule has 4 rings (SSSR count). The van der Waals surface area contributed by atoms with Gasteiger partial charge in [-0.15, -0.1) is 0 Å². The van der Waals surface area contributed by atoms with Crippen LogP contribution in [-0.4, -0.2) is 0 Å². The van der Waals surface area contributed by atoms with E-state index in [2.05, 4.69) is 98.8 Å². The summed E-state index contributed by atoms with van der Waals surface area (Å²) in [5, 5.41) is 0. The first-order chi connectivity index (χ1) is 13.1. The van der Waals surface area contributed by atoms with Crippen LogP contribution >= 0.6 is 0 Å². The second-order valence-electron chi connectivity index (χ2n) is 7.08. The summed E-state index contributed by atoms with van der Waals surface area (Å²) in [6, 6.07) is 32.0. The molecule has 0 aliphatic carbocycles. The monoisotopic (exact) mass is 349 g/mol. The van der Waals surface area contributed by atoms with Crippen molar-refractivity contribution in [2.24, 2.45) is 0 Å². The Balaban J connectivity index is 1.96. The van der Waals surface area contributed by atoms with Crippen LogP contribution in [0.1, 0.15) is 11.1 Å². The summed E-state index contributed by atoms with van der Waals surface area (Å²) in [5.74, 6) is 0. The van der Waals surface area contributed by atoms with E-state index in [0.717, 1.165) is 27.9 Å². The lowest BCUT2D eigenvalue weighted by atomic mass is 9.91. The van der Waals surface area contributed by atoms with E-state index in [-0.39, 0.29) is 0 Å². The first-order valence-electron chi connectivity index (χ1n) is 9.25. The molecule has 0 spiro atoms. The molecule has 0 saturated heterocycles. The van der Waals surface area contributed by atoms with Crippen molar-refractivity contribution in [1.82, 2.24) is 0 Å². The van der Waals surface area contributed by atoms with Crippen molar-refractivity contribution in [3.05, 3.63) is 102 Å². The predicted octanol–water partition coefficient (Wildman–Crippen LogP) is 6.89. The Morgan fingerprint density at radius 2 is 0.926 bits per heavy atom. The van der Waals surface area contributed by atoms with E-state index in [4.69, 9.17) is 5.73 Å². The topological polar surface area (TPSA) is 26.0 Å². The van der Waals surface area contributed by atoms with Crippen LogP contribution in [-0.2, 0) is 0 Å². The average Bonchev–Trinajstić information content (AvgIpc) is 2.70. The van der Waals surface area contributed by atoms with Crippen LogP contribution in [0.5, 0.6) is 0 Å². The molecule has 0 aliphatic heterocycles. The van der Waals surface area contributed by atoms with Crippen molar-refractivity contribution >= 4 is 5.69 Å². The van der Waals surface area contributed by atoms with E-state index in [0.29, 0.717) is 0 Å².